The molecule has 3 rings (SSSR count). The van der Waals surface area contributed by atoms with Gasteiger partial charge in [-0.3, -0.25) is 14.5 Å². The van der Waals surface area contributed by atoms with Gasteiger partial charge in [0.05, 0.1) is 12.1 Å². The van der Waals surface area contributed by atoms with Crippen molar-refractivity contribution in [1.82, 2.24) is 15.1 Å². The van der Waals surface area contributed by atoms with E-state index in [-0.39, 0.29) is 23.9 Å². The van der Waals surface area contributed by atoms with E-state index in [1.54, 1.807) is 0 Å². The standard InChI is InChI=1S/C24H31N3O2/c1-3-10-22(20-11-6-4-7-12-20)25-23(28)19(2)26-15-17-27(18-16-26)24(29)21-13-8-5-9-14-21/h4-9,11-14,19,22H,3,10,15-18H2,1-2H3,(H,25,28)/t19-,22+/m1/s1. The van der Waals surface area contributed by atoms with Gasteiger partial charge in [-0.25, -0.2) is 0 Å². The normalized spacial score (nSPS) is 16.8. The zero-order valence-corrected chi connectivity index (χ0v) is 17.4. The fourth-order valence-corrected chi connectivity index (χ4v) is 3.83. The molecule has 0 radical (unpaired) electrons. The number of hydrogen-bond donors (Lipinski definition) is 1. The number of piperazine rings is 1. The molecule has 2 amide bonds. The summed E-state index contributed by atoms with van der Waals surface area (Å²) >= 11 is 0. The lowest BCUT2D eigenvalue weighted by Crippen LogP contribution is -2.55. The molecule has 5 nitrogen and oxygen atoms in total. The zero-order chi connectivity index (χ0) is 20.6. The first-order valence-corrected chi connectivity index (χ1v) is 10.5. The van der Waals surface area contributed by atoms with E-state index in [9.17, 15) is 9.59 Å². The van der Waals surface area contributed by atoms with Crippen LogP contribution < -0.4 is 5.32 Å². The highest BCUT2D eigenvalue weighted by Crippen LogP contribution is 2.19. The smallest absolute Gasteiger partial charge is 0.253 e. The Labute approximate surface area is 173 Å². The molecule has 1 fully saturated rings. The van der Waals surface area contributed by atoms with Crippen molar-refractivity contribution >= 4 is 11.8 Å². The monoisotopic (exact) mass is 393 g/mol. The van der Waals surface area contributed by atoms with Crippen LogP contribution in [0.2, 0.25) is 0 Å². The second-order valence-corrected chi connectivity index (χ2v) is 7.63. The molecule has 0 aromatic heterocycles. The number of rotatable bonds is 7. The third-order valence-corrected chi connectivity index (χ3v) is 5.65. The van der Waals surface area contributed by atoms with E-state index in [0.29, 0.717) is 26.2 Å². The summed E-state index contributed by atoms with van der Waals surface area (Å²) in [6.07, 6.45) is 1.93. The number of benzene rings is 2. The summed E-state index contributed by atoms with van der Waals surface area (Å²) < 4.78 is 0. The quantitative estimate of drug-likeness (QED) is 0.783. The predicted octanol–water partition coefficient (Wildman–Crippen LogP) is 3.49. The average Bonchev–Trinajstić information content (AvgIpc) is 2.79. The third kappa shape index (κ3) is 5.45. The highest BCUT2D eigenvalue weighted by atomic mass is 16.2. The Morgan fingerprint density at radius 3 is 2.10 bits per heavy atom. The molecule has 2 aromatic rings. The van der Waals surface area contributed by atoms with Crippen molar-refractivity contribution in [2.45, 2.75) is 38.8 Å². The van der Waals surface area contributed by atoms with Gasteiger partial charge in [-0.15, -0.1) is 0 Å². The number of nitrogens with one attached hydrogen (secondary N) is 1. The van der Waals surface area contributed by atoms with E-state index >= 15 is 0 Å². The zero-order valence-electron chi connectivity index (χ0n) is 17.4. The Balaban J connectivity index is 1.55. The molecule has 2 aromatic carbocycles. The number of nitrogens with zero attached hydrogens (tertiary/aromatic N) is 2. The minimum Gasteiger partial charge on any atom is -0.348 e. The summed E-state index contributed by atoms with van der Waals surface area (Å²) in [4.78, 5) is 29.6. The van der Waals surface area contributed by atoms with Crippen molar-refractivity contribution in [1.29, 1.82) is 0 Å². The molecule has 2 atom stereocenters. The van der Waals surface area contributed by atoms with Gasteiger partial charge in [0, 0.05) is 31.7 Å². The van der Waals surface area contributed by atoms with Gasteiger partial charge < -0.3 is 10.2 Å². The molecule has 1 aliphatic rings. The highest BCUT2D eigenvalue weighted by Gasteiger charge is 2.28. The predicted molar refractivity (Wildman–Crippen MR) is 116 cm³/mol. The minimum absolute atomic E-state index is 0.0390. The second-order valence-electron chi connectivity index (χ2n) is 7.63. The van der Waals surface area contributed by atoms with Crippen LogP contribution in [0.15, 0.2) is 60.7 Å². The molecule has 1 saturated heterocycles. The van der Waals surface area contributed by atoms with Crippen molar-refractivity contribution < 1.29 is 9.59 Å². The van der Waals surface area contributed by atoms with Gasteiger partial charge in [0.15, 0.2) is 0 Å². The van der Waals surface area contributed by atoms with Crippen LogP contribution in [0.4, 0.5) is 0 Å². The number of carbonyl (C=O) groups excluding carboxylic acids is 2. The Morgan fingerprint density at radius 2 is 1.52 bits per heavy atom. The minimum atomic E-state index is -0.216. The van der Waals surface area contributed by atoms with Gasteiger partial charge in [0.1, 0.15) is 0 Å². The largest absolute Gasteiger partial charge is 0.348 e. The molecule has 0 unspecified atom stereocenters. The van der Waals surface area contributed by atoms with Crippen LogP contribution in [0.25, 0.3) is 0 Å². The summed E-state index contributed by atoms with van der Waals surface area (Å²) in [5.74, 6) is 0.115. The maximum Gasteiger partial charge on any atom is 0.253 e. The lowest BCUT2D eigenvalue weighted by Gasteiger charge is -2.38. The molecule has 5 heteroatoms. The molecular formula is C24H31N3O2. The number of carbonyl (C=O) groups is 2. The molecule has 29 heavy (non-hydrogen) atoms. The number of hydrogen-bond acceptors (Lipinski definition) is 3. The molecular weight excluding hydrogens is 362 g/mol. The number of amides is 2. The summed E-state index contributed by atoms with van der Waals surface area (Å²) in [6.45, 7) is 6.78. The first-order chi connectivity index (χ1) is 14.1. The van der Waals surface area contributed by atoms with Crippen molar-refractivity contribution in [2.75, 3.05) is 26.2 Å². The Bertz CT molecular complexity index is 786. The van der Waals surface area contributed by atoms with Gasteiger partial charge in [0.25, 0.3) is 5.91 Å². The summed E-state index contributed by atoms with van der Waals surface area (Å²) in [5, 5.41) is 3.23. The lowest BCUT2D eigenvalue weighted by atomic mass is 10.0. The van der Waals surface area contributed by atoms with Crippen molar-refractivity contribution in [3.8, 4) is 0 Å². The first-order valence-electron chi connectivity index (χ1n) is 10.5. The van der Waals surface area contributed by atoms with Gasteiger partial charge in [0.2, 0.25) is 5.91 Å². The first kappa shape index (κ1) is 21.1. The van der Waals surface area contributed by atoms with Crippen molar-refractivity contribution in [3.05, 3.63) is 71.8 Å². The van der Waals surface area contributed by atoms with Crippen LogP contribution in [-0.4, -0.2) is 53.8 Å². The highest BCUT2D eigenvalue weighted by molar-refractivity contribution is 5.94. The van der Waals surface area contributed by atoms with Crippen LogP contribution in [0.1, 0.15) is 48.7 Å². The van der Waals surface area contributed by atoms with E-state index in [1.165, 1.54) is 0 Å². The molecule has 0 bridgehead atoms. The van der Waals surface area contributed by atoms with Crippen LogP contribution >= 0.6 is 0 Å². The fraction of sp³-hybridized carbons (Fsp3) is 0.417. The van der Waals surface area contributed by atoms with Gasteiger partial charge in [-0.1, -0.05) is 61.9 Å². The maximum absolute atomic E-state index is 12.9. The van der Waals surface area contributed by atoms with E-state index in [1.807, 2.05) is 60.4 Å². The van der Waals surface area contributed by atoms with E-state index in [2.05, 4.69) is 29.3 Å². The summed E-state index contributed by atoms with van der Waals surface area (Å²) in [6, 6.07) is 19.4. The van der Waals surface area contributed by atoms with Crippen molar-refractivity contribution in [2.24, 2.45) is 0 Å². The van der Waals surface area contributed by atoms with Crippen LogP contribution in [0.3, 0.4) is 0 Å². The summed E-state index contributed by atoms with van der Waals surface area (Å²) in [7, 11) is 0. The Kier molecular flexibility index (Phi) is 7.42. The SMILES string of the molecule is CCC[C@H](NC(=O)[C@@H](C)N1CCN(C(=O)c2ccccc2)CC1)c1ccccc1. The second kappa shape index (κ2) is 10.2. The van der Waals surface area contributed by atoms with Crippen LogP contribution in [0, 0.1) is 0 Å². The van der Waals surface area contributed by atoms with Crippen LogP contribution in [0.5, 0.6) is 0 Å². The Morgan fingerprint density at radius 1 is 0.931 bits per heavy atom. The van der Waals surface area contributed by atoms with Crippen LogP contribution in [-0.2, 0) is 4.79 Å². The molecule has 1 heterocycles. The fourth-order valence-electron chi connectivity index (χ4n) is 3.83. The molecule has 1 N–H and O–H groups in total. The third-order valence-electron chi connectivity index (χ3n) is 5.65. The van der Waals surface area contributed by atoms with Gasteiger partial charge in [-0.05, 0) is 31.0 Å². The van der Waals surface area contributed by atoms with Gasteiger partial charge >= 0.3 is 0 Å². The lowest BCUT2D eigenvalue weighted by molar-refractivity contribution is -0.127. The Hall–Kier alpha value is -2.66. The molecule has 1 aliphatic heterocycles. The van der Waals surface area contributed by atoms with E-state index in [4.69, 9.17) is 0 Å². The maximum atomic E-state index is 12.9. The van der Waals surface area contributed by atoms with E-state index in [0.717, 1.165) is 24.0 Å². The van der Waals surface area contributed by atoms with Gasteiger partial charge in [-0.2, -0.15) is 0 Å². The van der Waals surface area contributed by atoms with Crippen molar-refractivity contribution in [3.63, 3.8) is 0 Å². The summed E-state index contributed by atoms with van der Waals surface area (Å²) in [5.41, 5.74) is 1.87. The average molecular weight is 394 g/mol. The molecule has 0 spiro atoms. The molecule has 0 aliphatic carbocycles. The molecule has 154 valence electrons. The topological polar surface area (TPSA) is 52.7 Å². The van der Waals surface area contributed by atoms with E-state index < -0.39 is 0 Å². The molecule has 0 saturated carbocycles.